The van der Waals surface area contributed by atoms with Crippen LogP contribution in [0, 0.1) is 13.8 Å². The second kappa shape index (κ2) is 7.59. The third kappa shape index (κ3) is 3.96. The van der Waals surface area contributed by atoms with Crippen molar-refractivity contribution in [3.05, 3.63) is 47.2 Å². The molecule has 1 aliphatic rings. The molecule has 0 atom stereocenters. The summed E-state index contributed by atoms with van der Waals surface area (Å²) < 4.78 is 32.4. The first-order valence-corrected chi connectivity index (χ1v) is 10.1. The molecule has 0 bridgehead atoms. The Labute approximate surface area is 153 Å². The Morgan fingerprint density at radius 3 is 2.62 bits per heavy atom. The van der Waals surface area contributed by atoms with Crippen molar-refractivity contribution in [1.29, 1.82) is 0 Å². The Balaban J connectivity index is 1.72. The molecule has 3 rings (SSSR count). The minimum Gasteiger partial charge on any atom is -0.444 e. The van der Waals surface area contributed by atoms with Crippen LogP contribution in [0.2, 0.25) is 0 Å². The zero-order chi connectivity index (χ0) is 18.7. The van der Waals surface area contributed by atoms with Crippen LogP contribution in [-0.4, -0.2) is 36.7 Å². The van der Waals surface area contributed by atoms with Crippen molar-refractivity contribution in [2.45, 2.75) is 44.6 Å². The van der Waals surface area contributed by atoms with Crippen molar-refractivity contribution in [2.75, 3.05) is 13.1 Å². The van der Waals surface area contributed by atoms with Gasteiger partial charge in [-0.1, -0.05) is 12.5 Å². The molecule has 1 aromatic heterocycles. The number of nitrogens with one attached hydrogen (secondary N) is 1. The number of aryl methyl sites for hydroxylation is 2. The Morgan fingerprint density at radius 1 is 1.23 bits per heavy atom. The number of sulfonamides is 1. The molecule has 0 radical (unpaired) electrons. The van der Waals surface area contributed by atoms with Gasteiger partial charge in [0.1, 0.15) is 5.76 Å². The molecule has 1 fully saturated rings. The normalized spacial score (nSPS) is 15.8. The fourth-order valence-electron chi connectivity index (χ4n) is 2.92. The molecule has 1 aliphatic heterocycles. The molecular weight excluding hydrogens is 354 g/mol. The van der Waals surface area contributed by atoms with Crippen LogP contribution in [0.3, 0.4) is 0 Å². The number of aromatic nitrogens is 1. The topological polar surface area (TPSA) is 92.5 Å². The molecule has 0 saturated carbocycles. The second-order valence-corrected chi connectivity index (χ2v) is 8.36. The summed E-state index contributed by atoms with van der Waals surface area (Å²) in [6.07, 6.45) is 2.79. The average molecular weight is 377 g/mol. The highest BCUT2D eigenvalue weighted by Gasteiger charge is 2.26. The van der Waals surface area contributed by atoms with Crippen molar-refractivity contribution in [2.24, 2.45) is 0 Å². The molecule has 2 aromatic rings. The van der Waals surface area contributed by atoms with Gasteiger partial charge in [0, 0.05) is 18.7 Å². The number of hydrogen-bond donors (Lipinski definition) is 1. The summed E-state index contributed by atoms with van der Waals surface area (Å²) in [5, 5.41) is 2.71. The molecule has 1 N–H and O–H groups in total. The van der Waals surface area contributed by atoms with Gasteiger partial charge in [0.2, 0.25) is 15.9 Å². The molecule has 1 aromatic carbocycles. The number of oxazole rings is 1. The maximum absolute atomic E-state index is 12.8. The fraction of sp³-hybridized carbons (Fsp3) is 0.444. The van der Waals surface area contributed by atoms with E-state index in [0.29, 0.717) is 30.3 Å². The molecule has 1 amide bonds. The van der Waals surface area contributed by atoms with E-state index in [-0.39, 0.29) is 17.3 Å². The summed E-state index contributed by atoms with van der Waals surface area (Å²) >= 11 is 0. The predicted molar refractivity (Wildman–Crippen MR) is 96.2 cm³/mol. The van der Waals surface area contributed by atoms with E-state index in [1.165, 1.54) is 16.4 Å². The van der Waals surface area contributed by atoms with E-state index in [2.05, 4.69) is 10.3 Å². The summed E-state index contributed by atoms with van der Waals surface area (Å²) in [6, 6.07) is 6.13. The smallest absolute Gasteiger partial charge is 0.251 e. The van der Waals surface area contributed by atoms with Crippen LogP contribution in [0.4, 0.5) is 0 Å². The van der Waals surface area contributed by atoms with Gasteiger partial charge in [0.25, 0.3) is 5.91 Å². The lowest BCUT2D eigenvalue weighted by Crippen LogP contribution is -2.35. The van der Waals surface area contributed by atoms with Gasteiger partial charge in [-0.3, -0.25) is 4.79 Å². The van der Waals surface area contributed by atoms with Crippen molar-refractivity contribution in [3.63, 3.8) is 0 Å². The minimum absolute atomic E-state index is 0.148. The number of amides is 1. The minimum atomic E-state index is -3.56. The monoisotopic (exact) mass is 377 g/mol. The summed E-state index contributed by atoms with van der Waals surface area (Å²) in [6.45, 7) is 4.85. The lowest BCUT2D eigenvalue weighted by molar-refractivity contribution is 0.0947. The van der Waals surface area contributed by atoms with E-state index >= 15 is 0 Å². The number of hydrogen-bond acceptors (Lipinski definition) is 5. The third-order valence-electron chi connectivity index (χ3n) is 4.52. The van der Waals surface area contributed by atoms with E-state index in [4.69, 9.17) is 4.42 Å². The molecule has 26 heavy (non-hydrogen) atoms. The molecule has 0 aliphatic carbocycles. The van der Waals surface area contributed by atoms with E-state index in [0.717, 1.165) is 25.0 Å². The van der Waals surface area contributed by atoms with Gasteiger partial charge in [0.05, 0.1) is 17.1 Å². The molecule has 7 nitrogen and oxygen atoms in total. The van der Waals surface area contributed by atoms with E-state index in [1.807, 2.05) is 13.8 Å². The fourth-order valence-corrected chi connectivity index (χ4v) is 4.49. The Hall–Kier alpha value is -2.19. The van der Waals surface area contributed by atoms with Gasteiger partial charge >= 0.3 is 0 Å². The summed E-state index contributed by atoms with van der Waals surface area (Å²) in [5.74, 6) is 0.767. The number of carbonyl (C=O) groups is 1. The number of piperidine rings is 1. The number of rotatable bonds is 5. The molecule has 8 heteroatoms. The largest absolute Gasteiger partial charge is 0.444 e. The number of carbonyl (C=O) groups excluding carboxylic acids is 1. The molecule has 140 valence electrons. The van der Waals surface area contributed by atoms with Crippen LogP contribution in [-0.2, 0) is 16.6 Å². The van der Waals surface area contributed by atoms with Crippen LogP contribution in [0.15, 0.2) is 33.6 Å². The van der Waals surface area contributed by atoms with Gasteiger partial charge in [-0.15, -0.1) is 0 Å². The van der Waals surface area contributed by atoms with E-state index in [1.54, 1.807) is 12.1 Å². The first kappa shape index (κ1) is 18.6. The van der Waals surface area contributed by atoms with Crippen LogP contribution >= 0.6 is 0 Å². The summed E-state index contributed by atoms with van der Waals surface area (Å²) in [7, 11) is -3.56. The predicted octanol–water partition coefficient (Wildman–Crippen LogP) is 2.40. The van der Waals surface area contributed by atoms with E-state index < -0.39 is 10.0 Å². The number of benzene rings is 1. The van der Waals surface area contributed by atoms with Gasteiger partial charge in [-0.2, -0.15) is 4.31 Å². The van der Waals surface area contributed by atoms with Crippen LogP contribution in [0.5, 0.6) is 0 Å². The highest BCUT2D eigenvalue weighted by atomic mass is 32.2. The SMILES string of the molecule is Cc1nc(CNC(=O)c2cccc(S(=O)(=O)N3CCCCC3)c2)oc1C. The standard InChI is InChI=1S/C18H23N3O4S/c1-13-14(2)25-17(20-13)12-19-18(22)15-7-6-8-16(11-15)26(23,24)21-9-4-3-5-10-21/h6-8,11H,3-5,9-10,12H2,1-2H3,(H,19,22). The number of nitrogens with zero attached hydrogens (tertiary/aromatic N) is 2. The van der Waals surface area contributed by atoms with Crippen LogP contribution < -0.4 is 5.32 Å². The first-order valence-electron chi connectivity index (χ1n) is 8.69. The molecule has 1 saturated heterocycles. The zero-order valence-electron chi connectivity index (χ0n) is 15.0. The quantitative estimate of drug-likeness (QED) is 0.864. The van der Waals surface area contributed by atoms with Gasteiger partial charge in [-0.25, -0.2) is 13.4 Å². The molecule has 0 spiro atoms. The lowest BCUT2D eigenvalue weighted by atomic mass is 10.2. The Kier molecular flexibility index (Phi) is 5.43. The van der Waals surface area contributed by atoms with E-state index in [9.17, 15) is 13.2 Å². The Morgan fingerprint density at radius 2 is 1.96 bits per heavy atom. The van der Waals surface area contributed by atoms with Crippen molar-refractivity contribution >= 4 is 15.9 Å². The molecular formula is C18H23N3O4S. The Bertz CT molecular complexity index is 879. The maximum Gasteiger partial charge on any atom is 0.251 e. The average Bonchev–Trinajstić information content (AvgIpc) is 2.98. The summed E-state index contributed by atoms with van der Waals surface area (Å²) in [4.78, 5) is 16.7. The molecule has 0 unspecified atom stereocenters. The lowest BCUT2D eigenvalue weighted by Gasteiger charge is -2.26. The van der Waals surface area contributed by atoms with Gasteiger partial charge in [-0.05, 0) is 44.9 Å². The second-order valence-electron chi connectivity index (χ2n) is 6.42. The maximum atomic E-state index is 12.8. The highest BCUT2D eigenvalue weighted by molar-refractivity contribution is 7.89. The van der Waals surface area contributed by atoms with Crippen LogP contribution in [0.1, 0.15) is 47.0 Å². The third-order valence-corrected chi connectivity index (χ3v) is 6.42. The van der Waals surface area contributed by atoms with Crippen molar-refractivity contribution in [1.82, 2.24) is 14.6 Å². The highest BCUT2D eigenvalue weighted by Crippen LogP contribution is 2.21. The molecule has 2 heterocycles. The zero-order valence-corrected chi connectivity index (χ0v) is 15.8. The summed E-state index contributed by atoms with van der Waals surface area (Å²) in [5.41, 5.74) is 1.08. The van der Waals surface area contributed by atoms with Crippen molar-refractivity contribution in [3.8, 4) is 0 Å². The first-order chi connectivity index (χ1) is 12.4. The van der Waals surface area contributed by atoms with Gasteiger partial charge < -0.3 is 9.73 Å². The van der Waals surface area contributed by atoms with Crippen molar-refractivity contribution < 1.29 is 17.6 Å². The van der Waals surface area contributed by atoms with Gasteiger partial charge in [0.15, 0.2) is 0 Å². The van der Waals surface area contributed by atoms with Crippen LogP contribution in [0.25, 0.3) is 0 Å².